The zero-order chi connectivity index (χ0) is 16.5. The van der Waals surface area contributed by atoms with E-state index < -0.39 is 11.4 Å². The molecule has 1 aliphatic carbocycles. The van der Waals surface area contributed by atoms with E-state index in [1.54, 1.807) is 52.1 Å². The molecule has 1 aliphatic rings. The van der Waals surface area contributed by atoms with Gasteiger partial charge in [0.1, 0.15) is 5.75 Å². The van der Waals surface area contributed by atoms with Gasteiger partial charge in [-0.05, 0) is 38.5 Å². The van der Waals surface area contributed by atoms with Crippen LogP contribution in [0.1, 0.15) is 26.3 Å². The van der Waals surface area contributed by atoms with Gasteiger partial charge >= 0.3 is 0 Å². The van der Waals surface area contributed by atoms with Gasteiger partial charge < -0.3 is 14.2 Å². The van der Waals surface area contributed by atoms with Gasteiger partial charge in [0.05, 0.1) is 13.2 Å². The predicted octanol–water partition coefficient (Wildman–Crippen LogP) is 2.39. The number of Topliss-reactive ketones (excluding diaryl/α,β-unsaturated/α-hetero) is 2. The van der Waals surface area contributed by atoms with E-state index in [1.807, 2.05) is 0 Å². The van der Waals surface area contributed by atoms with Gasteiger partial charge in [0.25, 0.3) is 0 Å². The van der Waals surface area contributed by atoms with Crippen LogP contribution in [0.4, 0.5) is 0 Å². The zero-order valence-electron chi connectivity index (χ0n) is 13.4. The molecule has 0 N–H and O–H groups in total. The molecule has 0 aromatic heterocycles. The van der Waals surface area contributed by atoms with Crippen molar-refractivity contribution in [2.24, 2.45) is 0 Å². The molecule has 1 unspecified atom stereocenters. The normalized spacial score (nSPS) is 21.7. The quantitative estimate of drug-likeness (QED) is 0.782. The van der Waals surface area contributed by atoms with Crippen LogP contribution in [0.2, 0.25) is 0 Å². The number of benzene rings is 1. The van der Waals surface area contributed by atoms with E-state index >= 15 is 0 Å². The highest BCUT2D eigenvalue weighted by molar-refractivity contribution is 6.29. The summed E-state index contributed by atoms with van der Waals surface area (Å²) in [6.45, 7) is 5.19. The maximum absolute atomic E-state index is 12.8. The van der Waals surface area contributed by atoms with Gasteiger partial charge in [0.15, 0.2) is 5.76 Å². The van der Waals surface area contributed by atoms with Crippen molar-refractivity contribution in [1.29, 1.82) is 0 Å². The fraction of sp³-hybridized carbons (Fsp3) is 0.412. The molecule has 1 aromatic carbocycles. The highest BCUT2D eigenvalue weighted by atomic mass is 16.5. The van der Waals surface area contributed by atoms with Crippen molar-refractivity contribution >= 4 is 11.6 Å². The van der Waals surface area contributed by atoms with Crippen LogP contribution in [-0.4, -0.2) is 31.9 Å². The van der Waals surface area contributed by atoms with Gasteiger partial charge in [-0.2, -0.15) is 0 Å². The second-order valence-corrected chi connectivity index (χ2v) is 5.39. The number of ether oxygens (including phenoxy) is 3. The molecule has 0 radical (unpaired) electrons. The molecule has 0 saturated carbocycles. The number of carbonyl (C=O) groups excluding carboxylic acids is 2. The van der Waals surface area contributed by atoms with Gasteiger partial charge in [0, 0.05) is 12.7 Å². The van der Waals surface area contributed by atoms with Gasteiger partial charge in [-0.15, -0.1) is 0 Å². The Morgan fingerprint density at radius 3 is 2.05 bits per heavy atom. The Labute approximate surface area is 129 Å². The minimum Gasteiger partial charge on any atom is -0.497 e. The summed E-state index contributed by atoms with van der Waals surface area (Å²) < 4.78 is 16.0. The standard InChI is InChI=1S/C17H20O5/c1-10(2)22-14-11(3)15(18)17(21-5,16(14)19)12-6-8-13(20-4)9-7-12/h6-10H,1-5H3. The third-order valence-electron chi connectivity index (χ3n) is 3.68. The molecule has 0 saturated heterocycles. The first-order valence-corrected chi connectivity index (χ1v) is 7.05. The Bertz CT molecular complexity index is 627. The summed E-state index contributed by atoms with van der Waals surface area (Å²) in [4.78, 5) is 25.5. The lowest BCUT2D eigenvalue weighted by Gasteiger charge is -2.25. The van der Waals surface area contributed by atoms with Crippen molar-refractivity contribution in [3.05, 3.63) is 41.2 Å². The zero-order valence-corrected chi connectivity index (χ0v) is 13.4. The van der Waals surface area contributed by atoms with Crippen LogP contribution in [0.3, 0.4) is 0 Å². The molecule has 2 rings (SSSR count). The number of rotatable bonds is 5. The first kappa shape index (κ1) is 16.2. The van der Waals surface area contributed by atoms with Crippen molar-refractivity contribution in [2.45, 2.75) is 32.5 Å². The lowest BCUT2D eigenvalue weighted by atomic mass is 9.88. The fourth-order valence-electron chi connectivity index (χ4n) is 2.57. The predicted molar refractivity (Wildman–Crippen MR) is 80.6 cm³/mol. The van der Waals surface area contributed by atoms with E-state index in [0.717, 1.165) is 0 Å². The average molecular weight is 304 g/mol. The Hall–Kier alpha value is -2.14. The van der Waals surface area contributed by atoms with Crippen LogP contribution in [0, 0.1) is 0 Å². The maximum atomic E-state index is 12.8. The lowest BCUT2D eigenvalue weighted by Crippen LogP contribution is -2.42. The number of hydrogen-bond acceptors (Lipinski definition) is 5. The molecule has 0 spiro atoms. The summed E-state index contributed by atoms with van der Waals surface area (Å²) in [5, 5.41) is 0. The maximum Gasteiger partial charge on any atom is 0.242 e. The molecule has 0 amide bonds. The molecule has 0 bridgehead atoms. The molecule has 1 aromatic rings. The molecular weight excluding hydrogens is 284 g/mol. The Morgan fingerprint density at radius 2 is 1.59 bits per heavy atom. The van der Waals surface area contributed by atoms with Crippen molar-refractivity contribution in [3.63, 3.8) is 0 Å². The largest absolute Gasteiger partial charge is 0.497 e. The summed E-state index contributed by atoms with van der Waals surface area (Å²) in [5.41, 5.74) is -0.913. The van der Waals surface area contributed by atoms with Crippen molar-refractivity contribution < 1.29 is 23.8 Å². The molecular formula is C17H20O5. The minimum atomic E-state index is -1.67. The van der Waals surface area contributed by atoms with E-state index in [0.29, 0.717) is 11.3 Å². The topological polar surface area (TPSA) is 61.8 Å². The van der Waals surface area contributed by atoms with E-state index in [2.05, 4.69) is 0 Å². The van der Waals surface area contributed by atoms with Crippen molar-refractivity contribution in [2.75, 3.05) is 14.2 Å². The molecule has 0 heterocycles. The summed E-state index contributed by atoms with van der Waals surface area (Å²) in [6, 6.07) is 6.69. The SMILES string of the molecule is COc1ccc(C2(OC)C(=O)C(C)=C(OC(C)C)C2=O)cc1. The van der Waals surface area contributed by atoms with Crippen molar-refractivity contribution in [3.8, 4) is 5.75 Å². The summed E-state index contributed by atoms with van der Waals surface area (Å²) in [7, 11) is 2.90. The molecule has 22 heavy (non-hydrogen) atoms. The summed E-state index contributed by atoms with van der Waals surface area (Å²) >= 11 is 0. The smallest absolute Gasteiger partial charge is 0.242 e. The molecule has 0 fully saturated rings. The molecule has 5 nitrogen and oxygen atoms in total. The second-order valence-electron chi connectivity index (χ2n) is 5.39. The monoisotopic (exact) mass is 304 g/mol. The van der Waals surface area contributed by atoms with Gasteiger partial charge in [0.2, 0.25) is 17.2 Å². The number of ketones is 2. The number of methoxy groups -OCH3 is 2. The first-order chi connectivity index (χ1) is 10.4. The highest BCUT2D eigenvalue weighted by Crippen LogP contribution is 2.40. The summed E-state index contributed by atoms with van der Waals surface area (Å²) in [5.74, 6) is -0.133. The van der Waals surface area contributed by atoms with Crippen molar-refractivity contribution in [1.82, 2.24) is 0 Å². The third-order valence-corrected chi connectivity index (χ3v) is 3.68. The van der Waals surface area contributed by atoms with Crippen LogP contribution in [0.15, 0.2) is 35.6 Å². The average Bonchev–Trinajstić information content (AvgIpc) is 2.69. The van der Waals surface area contributed by atoms with Crippen LogP contribution in [0.5, 0.6) is 5.75 Å². The third kappa shape index (κ3) is 2.31. The lowest BCUT2D eigenvalue weighted by molar-refractivity contribution is -0.150. The van der Waals surface area contributed by atoms with Gasteiger partial charge in [-0.1, -0.05) is 12.1 Å². The van der Waals surface area contributed by atoms with Crippen LogP contribution in [0.25, 0.3) is 0 Å². The van der Waals surface area contributed by atoms with Crippen LogP contribution < -0.4 is 4.74 Å². The van der Waals surface area contributed by atoms with Crippen LogP contribution >= 0.6 is 0 Å². The van der Waals surface area contributed by atoms with Gasteiger partial charge in [-0.25, -0.2) is 0 Å². The Morgan fingerprint density at radius 1 is 1.00 bits per heavy atom. The van der Waals surface area contributed by atoms with Gasteiger partial charge in [-0.3, -0.25) is 9.59 Å². The highest BCUT2D eigenvalue weighted by Gasteiger charge is 2.56. The van der Waals surface area contributed by atoms with E-state index in [1.165, 1.54) is 7.11 Å². The molecule has 118 valence electrons. The second kappa shape index (κ2) is 5.93. The number of hydrogen-bond donors (Lipinski definition) is 0. The fourth-order valence-corrected chi connectivity index (χ4v) is 2.57. The van der Waals surface area contributed by atoms with E-state index in [-0.39, 0.29) is 23.2 Å². The Kier molecular flexibility index (Phi) is 4.37. The number of carbonyl (C=O) groups is 2. The van der Waals surface area contributed by atoms with E-state index in [4.69, 9.17) is 14.2 Å². The Balaban J connectivity index is 2.51. The van der Waals surface area contributed by atoms with E-state index in [9.17, 15) is 9.59 Å². The minimum absolute atomic E-state index is 0.0812. The molecule has 0 aliphatic heterocycles. The molecule has 5 heteroatoms. The van der Waals surface area contributed by atoms with Crippen LogP contribution in [-0.2, 0) is 24.7 Å². The summed E-state index contributed by atoms with van der Waals surface area (Å²) in [6.07, 6.45) is -0.203. The molecule has 1 atom stereocenters. The first-order valence-electron chi connectivity index (χ1n) is 7.05.